The number of anilines is 1. The molecular weight excluding hydrogens is 252 g/mol. The molecule has 0 amide bonds. The Hall–Kier alpha value is -0.540. The van der Waals surface area contributed by atoms with Gasteiger partial charge >= 0.3 is 0 Å². The molecule has 0 aromatic heterocycles. The summed E-state index contributed by atoms with van der Waals surface area (Å²) in [6.45, 7) is 2.21. The van der Waals surface area contributed by atoms with Crippen molar-refractivity contribution in [2.75, 3.05) is 19.3 Å². The summed E-state index contributed by atoms with van der Waals surface area (Å²) in [5.41, 5.74) is 7.96. The van der Waals surface area contributed by atoms with Crippen molar-refractivity contribution in [3.8, 4) is 0 Å². The van der Waals surface area contributed by atoms with Crippen LogP contribution >= 0.6 is 15.9 Å². The molecule has 0 radical (unpaired) electrons. The molecule has 0 atom stereocenters. The van der Waals surface area contributed by atoms with Crippen molar-refractivity contribution in [3.05, 3.63) is 28.2 Å². The molecule has 0 unspecified atom stereocenters. The molecule has 1 aromatic rings. The zero-order chi connectivity index (χ0) is 10.8. The van der Waals surface area contributed by atoms with Crippen LogP contribution in [0.15, 0.2) is 22.7 Å². The zero-order valence-electron chi connectivity index (χ0n) is 9.04. The molecule has 1 aromatic carbocycles. The molecule has 1 aliphatic rings. The summed E-state index contributed by atoms with van der Waals surface area (Å²) in [6, 6.07) is 6.20. The second kappa shape index (κ2) is 4.54. The Kier molecular flexibility index (Phi) is 3.32. The van der Waals surface area contributed by atoms with Gasteiger partial charge in [-0.25, -0.2) is 0 Å². The van der Waals surface area contributed by atoms with Gasteiger partial charge in [-0.05, 0) is 59.4 Å². The van der Waals surface area contributed by atoms with E-state index < -0.39 is 0 Å². The summed E-state index contributed by atoms with van der Waals surface area (Å²) >= 11 is 3.41. The van der Waals surface area contributed by atoms with Crippen molar-refractivity contribution < 1.29 is 0 Å². The fourth-order valence-electron chi connectivity index (χ4n) is 1.81. The van der Waals surface area contributed by atoms with Gasteiger partial charge in [0.15, 0.2) is 0 Å². The standard InChI is InChI=1S/C12H17BrN2/c1-15(7-9-2-3-9)8-10-4-5-11(13)12(14)6-10/h4-6,9H,2-3,7-8,14H2,1H3. The Morgan fingerprint density at radius 3 is 2.80 bits per heavy atom. The van der Waals surface area contributed by atoms with E-state index in [1.165, 1.54) is 24.9 Å². The lowest BCUT2D eigenvalue weighted by Crippen LogP contribution is -2.20. The Morgan fingerprint density at radius 2 is 2.20 bits per heavy atom. The van der Waals surface area contributed by atoms with Gasteiger partial charge in [-0.2, -0.15) is 0 Å². The van der Waals surface area contributed by atoms with Gasteiger partial charge in [0.1, 0.15) is 0 Å². The van der Waals surface area contributed by atoms with Crippen LogP contribution in [0.4, 0.5) is 5.69 Å². The fourth-order valence-corrected chi connectivity index (χ4v) is 2.06. The number of rotatable bonds is 4. The van der Waals surface area contributed by atoms with E-state index in [2.05, 4.69) is 33.9 Å². The summed E-state index contributed by atoms with van der Waals surface area (Å²) in [7, 11) is 2.18. The van der Waals surface area contributed by atoms with E-state index in [-0.39, 0.29) is 0 Å². The average Bonchev–Trinajstić information content (AvgIpc) is 2.95. The number of benzene rings is 1. The molecule has 0 spiro atoms. The fraction of sp³-hybridized carbons (Fsp3) is 0.500. The third kappa shape index (κ3) is 3.21. The second-order valence-corrected chi connectivity index (χ2v) is 5.35. The van der Waals surface area contributed by atoms with Crippen LogP contribution in [0.25, 0.3) is 0 Å². The number of hydrogen-bond acceptors (Lipinski definition) is 2. The lowest BCUT2D eigenvalue weighted by atomic mass is 10.2. The third-order valence-electron chi connectivity index (χ3n) is 2.78. The molecule has 0 heterocycles. The highest BCUT2D eigenvalue weighted by Gasteiger charge is 2.22. The largest absolute Gasteiger partial charge is 0.398 e. The molecular formula is C12H17BrN2. The quantitative estimate of drug-likeness (QED) is 0.852. The highest BCUT2D eigenvalue weighted by Crippen LogP contribution is 2.30. The second-order valence-electron chi connectivity index (χ2n) is 4.50. The molecule has 15 heavy (non-hydrogen) atoms. The average molecular weight is 269 g/mol. The van der Waals surface area contributed by atoms with Crippen molar-refractivity contribution in [2.24, 2.45) is 5.92 Å². The Balaban J connectivity index is 1.93. The van der Waals surface area contributed by atoms with E-state index in [9.17, 15) is 0 Å². The van der Waals surface area contributed by atoms with Crippen LogP contribution < -0.4 is 5.73 Å². The summed E-state index contributed by atoms with van der Waals surface area (Å²) in [5.74, 6) is 0.947. The molecule has 2 rings (SSSR count). The minimum Gasteiger partial charge on any atom is -0.398 e. The normalized spacial score (nSPS) is 15.9. The maximum atomic E-state index is 5.84. The van der Waals surface area contributed by atoms with Crippen molar-refractivity contribution in [2.45, 2.75) is 19.4 Å². The molecule has 1 aliphatic carbocycles. The Labute approximate surface area is 99.6 Å². The van der Waals surface area contributed by atoms with E-state index in [1.54, 1.807) is 0 Å². The summed E-state index contributed by atoms with van der Waals surface area (Å²) < 4.78 is 0.982. The maximum Gasteiger partial charge on any atom is 0.0461 e. The molecule has 1 saturated carbocycles. The monoisotopic (exact) mass is 268 g/mol. The minimum absolute atomic E-state index is 0.826. The number of halogens is 1. The van der Waals surface area contributed by atoms with E-state index in [0.717, 1.165) is 22.6 Å². The van der Waals surface area contributed by atoms with Gasteiger partial charge in [-0.15, -0.1) is 0 Å². The van der Waals surface area contributed by atoms with Crippen LogP contribution in [0.2, 0.25) is 0 Å². The van der Waals surface area contributed by atoms with Gasteiger partial charge in [-0.3, -0.25) is 0 Å². The van der Waals surface area contributed by atoms with E-state index in [4.69, 9.17) is 5.73 Å². The van der Waals surface area contributed by atoms with E-state index in [1.807, 2.05) is 12.1 Å². The Bertz CT molecular complexity index is 347. The third-order valence-corrected chi connectivity index (χ3v) is 3.50. The van der Waals surface area contributed by atoms with Crippen LogP contribution in [-0.4, -0.2) is 18.5 Å². The van der Waals surface area contributed by atoms with E-state index in [0.29, 0.717) is 0 Å². The van der Waals surface area contributed by atoms with Gasteiger partial charge in [0.05, 0.1) is 0 Å². The molecule has 1 fully saturated rings. The minimum atomic E-state index is 0.826. The Morgan fingerprint density at radius 1 is 1.47 bits per heavy atom. The van der Waals surface area contributed by atoms with Crippen LogP contribution in [0.5, 0.6) is 0 Å². The maximum absolute atomic E-state index is 5.84. The summed E-state index contributed by atoms with van der Waals surface area (Å²) in [5, 5.41) is 0. The van der Waals surface area contributed by atoms with Crippen LogP contribution in [0.1, 0.15) is 18.4 Å². The first-order valence-corrected chi connectivity index (χ1v) is 6.17. The predicted molar refractivity (Wildman–Crippen MR) is 67.6 cm³/mol. The molecule has 2 nitrogen and oxygen atoms in total. The van der Waals surface area contributed by atoms with Crippen molar-refractivity contribution in [1.29, 1.82) is 0 Å². The first-order valence-electron chi connectivity index (χ1n) is 5.37. The smallest absolute Gasteiger partial charge is 0.0461 e. The highest BCUT2D eigenvalue weighted by atomic mass is 79.9. The van der Waals surface area contributed by atoms with Gasteiger partial charge in [0, 0.05) is 23.2 Å². The SMILES string of the molecule is CN(Cc1ccc(Br)c(N)c1)CC1CC1. The van der Waals surface area contributed by atoms with Gasteiger partial charge in [-0.1, -0.05) is 6.07 Å². The number of nitrogens with two attached hydrogens (primary N) is 1. The molecule has 3 heteroatoms. The number of nitrogen functional groups attached to an aromatic ring is 1. The molecule has 82 valence electrons. The predicted octanol–water partition coefficient (Wildman–Crippen LogP) is 2.87. The van der Waals surface area contributed by atoms with Crippen LogP contribution in [0, 0.1) is 5.92 Å². The van der Waals surface area contributed by atoms with Crippen LogP contribution in [0.3, 0.4) is 0 Å². The molecule has 0 saturated heterocycles. The van der Waals surface area contributed by atoms with Crippen molar-refractivity contribution >= 4 is 21.6 Å². The first-order chi connectivity index (χ1) is 7.15. The molecule has 2 N–H and O–H groups in total. The highest BCUT2D eigenvalue weighted by molar-refractivity contribution is 9.10. The van der Waals surface area contributed by atoms with Crippen molar-refractivity contribution in [1.82, 2.24) is 4.90 Å². The summed E-state index contributed by atoms with van der Waals surface area (Å²) in [4.78, 5) is 2.38. The first kappa shape index (κ1) is 11.0. The van der Waals surface area contributed by atoms with Crippen molar-refractivity contribution in [3.63, 3.8) is 0 Å². The number of hydrogen-bond donors (Lipinski definition) is 1. The van der Waals surface area contributed by atoms with Gasteiger partial charge < -0.3 is 10.6 Å². The summed E-state index contributed by atoms with van der Waals surface area (Å²) in [6.07, 6.45) is 2.82. The lowest BCUT2D eigenvalue weighted by molar-refractivity contribution is 0.313. The zero-order valence-corrected chi connectivity index (χ0v) is 10.6. The van der Waals surface area contributed by atoms with Gasteiger partial charge in [0.25, 0.3) is 0 Å². The topological polar surface area (TPSA) is 29.3 Å². The molecule has 0 aliphatic heterocycles. The van der Waals surface area contributed by atoms with E-state index >= 15 is 0 Å². The van der Waals surface area contributed by atoms with Gasteiger partial charge in [0.2, 0.25) is 0 Å². The number of nitrogens with zero attached hydrogens (tertiary/aromatic N) is 1. The lowest BCUT2D eigenvalue weighted by Gasteiger charge is -2.16. The molecule has 0 bridgehead atoms. The van der Waals surface area contributed by atoms with Crippen LogP contribution in [-0.2, 0) is 6.54 Å².